The van der Waals surface area contributed by atoms with Crippen molar-refractivity contribution in [3.63, 3.8) is 0 Å². The average molecular weight is 236 g/mol. The Hall–Kier alpha value is -1.62. The summed E-state index contributed by atoms with van der Waals surface area (Å²) in [6, 6.07) is 1.85. The van der Waals surface area contributed by atoms with Crippen LogP contribution in [0.15, 0.2) is 15.0 Å². The average Bonchev–Trinajstić information content (AvgIpc) is 2.85. The lowest BCUT2D eigenvalue weighted by Crippen LogP contribution is -1.98. The van der Waals surface area contributed by atoms with Crippen LogP contribution in [-0.2, 0) is 0 Å². The van der Waals surface area contributed by atoms with Gasteiger partial charge in [-0.2, -0.15) is 4.98 Å². The first-order valence-corrected chi connectivity index (χ1v) is 5.71. The molecule has 92 valence electrons. The van der Waals surface area contributed by atoms with E-state index in [9.17, 15) is 5.11 Å². The minimum Gasteiger partial charge on any atom is -0.466 e. The van der Waals surface area contributed by atoms with E-state index in [1.54, 1.807) is 0 Å². The van der Waals surface area contributed by atoms with Crippen LogP contribution in [0.5, 0.6) is 0 Å². The second kappa shape index (κ2) is 4.71. The molecule has 0 saturated carbocycles. The Kier molecular flexibility index (Phi) is 3.28. The molecule has 17 heavy (non-hydrogen) atoms. The van der Waals surface area contributed by atoms with Gasteiger partial charge < -0.3 is 14.0 Å². The first-order chi connectivity index (χ1) is 8.11. The number of hydrogen-bond donors (Lipinski definition) is 1. The van der Waals surface area contributed by atoms with E-state index in [1.165, 1.54) is 0 Å². The second-order valence-corrected chi connectivity index (χ2v) is 4.09. The van der Waals surface area contributed by atoms with Crippen LogP contribution < -0.4 is 0 Å². The molecule has 0 bridgehead atoms. The number of aromatic nitrogens is 2. The summed E-state index contributed by atoms with van der Waals surface area (Å²) >= 11 is 0. The summed E-state index contributed by atoms with van der Waals surface area (Å²) in [5.41, 5.74) is 0.782. The van der Waals surface area contributed by atoms with Crippen molar-refractivity contribution in [1.29, 1.82) is 0 Å². The highest BCUT2D eigenvalue weighted by molar-refractivity contribution is 5.56. The lowest BCUT2D eigenvalue weighted by molar-refractivity contribution is 0.153. The lowest BCUT2D eigenvalue weighted by Gasteiger charge is -2.01. The number of nitrogens with zero attached hydrogens (tertiary/aromatic N) is 2. The van der Waals surface area contributed by atoms with Gasteiger partial charge >= 0.3 is 0 Å². The Labute approximate surface area is 99.5 Å². The van der Waals surface area contributed by atoms with Gasteiger partial charge in [-0.05, 0) is 26.3 Å². The van der Waals surface area contributed by atoms with Crippen molar-refractivity contribution in [2.24, 2.45) is 0 Å². The van der Waals surface area contributed by atoms with Crippen molar-refractivity contribution >= 4 is 0 Å². The van der Waals surface area contributed by atoms with Crippen molar-refractivity contribution < 1.29 is 14.0 Å². The molecule has 2 heterocycles. The van der Waals surface area contributed by atoms with Gasteiger partial charge in [0, 0.05) is 0 Å². The molecule has 1 atom stereocenters. The van der Waals surface area contributed by atoms with Crippen molar-refractivity contribution in [3.05, 3.63) is 23.4 Å². The van der Waals surface area contributed by atoms with E-state index in [-0.39, 0.29) is 0 Å². The summed E-state index contributed by atoms with van der Waals surface area (Å²) < 4.78 is 10.5. The standard InChI is InChI=1S/C12H16N2O3/c1-4-5-10(15)11-13-12(17-14-11)9-6-7(2)16-8(9)3/h6,10,15H,4-5H2,1-3H3. The summed E-state index contributed by atoms with van der Waals surface area (Å²) in [4.78, 5) is 4.19. The molecular formula is C12H16N2O3. The maximum absolute atomic E-state index is 9.75. The minimum atomic E-state index is -0.661. The molecule has 0 radical (unpaired) electrons. The van der Waals surface area contributed by atoms with Gasteiger partial charge in [-0.15, -0.1) is 0 Å². The zero-order valence-electron chi connectivity index (χ0n) is 10.2. The van der Waals surface area contributed by atoms with E-state index in [4.69, 9.17) is 8.94 Å². The SMILES string of the molecule is CCCC(O)c1noc(-c2cc(C)oc2C)n1. The molecule has 0 aromatic carbocycles. The molecule has 0 spiro atoms. The third kappa shape index (κ3) is 2.39. The molecule has 2 aromatic heterocycles. The summed E-state index contributed by atoms with van der Waals surface area (Å²) in [5.74, 6) is 2.26. The monoisotopic (exact) mass is 236 g/mol. The molecule has 0 aliphatic carbocycles. The third-order valence-corrected chi connectivity index (χ3v) is 2.57. The number of aryl methyl sites for hydroxylation is 2. The Bertz CT molecular complexity index is 502. The molecule has 0 saturated heterocycles. The summed E-state index contributed by atoms with van der Waals surface area (Å²) in [6.07, 6.45) is 0.836. The van der Waals surface area contributed by atoms with Crippen LogP contribution in [0, 0.1) is 13.8 Å². The van der Waals surface area contributed by atoms with Gasteiger partial charge in [0.1, 0.15) is 17.6 Å². The van der Waals surface area contributed by atoms with E-state index in [1.807, 2.05) is 26.8 Å². The summed E-state index contributed by atoms with van der Waals surface area (Å²) in [7, 11) is 0. The largest absolute Gasteiger partial charge is 0.466 e. The van der Waals surface area contributed by atoms with E-state index in [2.05, 4.69) is 10.1 Å². The van der Waals surface area contributed by atoms with E-state index >= 15 is 0 Å². The lowest BCUT2D eigenvalue weighted by atomic mass is 10.2. The predicted octanol–water partition coefficient (Wildman–Crippen LogP) is 2.78. The molecule has 1 unspecified atom stereocenters. The molecule has 2 aromatic rings. The number of aliphatic hydroxyl groups is 1. The topological polar surface area (TPSA) is 72.3 Å². The van der Waals surface area contributed by atoms with E-state index in [0.717, 1.165) is 23.5 Å². The highest BCUT2D eigenvalue weighted by atomic mass is 16.5. The molecule has 0 aliphatic heterocycles. The van der Waals surface area contributed by atoms with Gasteiger partial charge in [0.15, 0.2) is 0 Å². The molecule has 0 fully saturated rings. The fourth-order valence-corrected chi connectivity index (χ4v) is 1.73. The Morgan fingerprint density at radius 2 is 2.18 bits per heavy atom. The molecule has 1 N–H and O–H groups in total. The highest BCUT2D eigenvalue weighted by Crippen LogP contribution is 2.26. The normalized spacial score (nSPS) is 12.9. The number of rotatable bonds is 4. The zero-order chi connectivity index (χ0) is 12.4. The van der Waals surface area contributed by atoms with Crippen molar-refractivity contribution in [1.82, 2.24) is 10.1 Å². The summed E-state index contributed by atoms with van der Waals surface area (Å²) in [6.45, 7) is 5.70. The van der Waals surface area contributed by atoms with Gasteiger partial charge in [0.2, 0.25) is 5.82 Å². The maximum atomic E-state index is 9.75. The quantitative estimate of drug-likeness (QED) is 0.883. The number of hydrogen-bond acceptors (Lipinski definition) is 5. The maximum Gasteiger partial charge on any atom is 0.261 e. The molecule has 0 amide bonds. The molecule has 5 heteroatoms. The van der Waals surface area contributed by atoms with Gasteiger partial charge in [-0.3, -0.25) is 0 Å². The molecule has 2 rings (SSSR count). The summed E-state index contributed by atoms with van der Waals surface area (Å²) in [5, 5.41) is 13.5. The Morgan fingerprint density at radius 1 is 1.41 bits per heavy atom. The van der Waals surface area contributed by atoms with E-state index in [0.29, 0.717) is 18.1 Å². The van der Waals surface area contributed by atoms with Crippen LogP contribution in [0.3, 0.4) is 0 Å². The van der Waals surface area contributed by atoms with Gasteiger partial charge in [-0.25, -0.2) is 0 Å². The third-order valence-electron chi connectivity index (χ3n) is 2.57. The van der Waals surface area contributed by atoms with Crippen LogP contribution in [0.1, 0.15) is 43.2 Å². The first-order valence-electron chi connectivity index (χ1n) is 5.71. The molecular weight excluding hydrogens is 220 g/mol. The molecule has 5 nitrogen and oxygen atoms in total. The fourth-order valence-electron chi connectivity index (χ4n) is 1.73. The van der Waals surface area contributed by atoms with Crippen LogP contribution >= 0.6 is 0 Å². The van der Waals surface area contributed by atoms with Gasteiger partial charge in [-0.1, -0.05) is 18.5 Å². The van der Waals surface area contributed by atoms with Crippen LogP contribution in [0.4, 0.5) is 0 Å². The number of furan rings is 1. The van der Waals surface area contributed by atoms with Gasteiger partial charge in [0.05, 0.1) is 5.56 Å². The number of aliphatic hydroxyl groups excluding tert-OH is 1. The van der Waals surface area contributed by atoms with Gasteiger partial charge in [0.25, 0.3) is 5.89 Å². The van der Waals surface area contributed by atoms with Crippen LogP contribution in [-0.4, -0.2) is 15.2 Å². The fraction of sp³-hybridized carbons (Fsp3) is 0.500. The first kappa shape index (κ1) is 11.9. The second-order valence-electron chi connectivity index (χ2n) is 4.09. The van der Waals surface area contributed by atoms with E-state index < -0.39 is 6.10 Å². The minimum absolute atomic E-state index is 0.333. The van der Waals surface area contributed by atoms with Crippen LogP contribution in [0.2, 0.25) is 0 Å². The van der Waals surface area contributed by atoms with Crippen molar-refractivity contribution in [2.75, 3.05) is 0 Å². The highest BCUT2D eigenvalue weighted by Gasteiger charge is 2.18. The Balaban J connectivity index is 2.26. The Morgan fingerprint density at radius 3 is 2.76 bits per heavy atom. The smallest absolute Gasteiger partial charge is 0.261 e. The molecule has 0 aliphatic rings. The van der Waals surface area contributed by atoms with Crippen molar-refractivity contribution in [3.8, 4) is 11.5 Å². The predicted molar refractivity (Wildman–Crippen MR) is 61.3 cm³/mol. The zero-order valence-corrected chi connectivity index (χ0v) is 10.2. The van der Waals surface area contributed by atoms with Crippen LogP contribution in [0.25, 0.3) is 11.5 Å². The van der Waals surface area contributed by atoms with Crippen molar-refractivity contribution in [2.45, 2.75) is 39.7 Å².